The number of fused-ring (bicyclic) bond motifs is 1. The van der Waals surface area contributed by atoms with Gasteiger partial charge in [-0.15, -0.1) is 0 Å². The maximum atomic E-state index is 12.8. The molecular weight excluding hydrogens is 382 g/mol. The number of pyridine rings is 2. The minimum atomic E-state index is -0.375. The number of aryl methyl sites for hydroxylation is 1. The predicted octanol–water partition coefficient (Wildman–Crippen LogP) is 3.27. The van der Waals surface area contributed by atoms with Crippen LogP contribution in [0.1, 0.15) is 16.1 Å². The molecule has 0 spiro atoms. The molecule has 0 aliphatic carbocycles. The normalized spacial score (nSPS) is 10.9. The Hall–Kier alpha value is -2.90. The van der Waals surface area contributed by atoms with Crippen LogP contribution in [0.4, 0.5) is 5.69 Å². The Morgan fingerprint density at radius 2 is 2.04 bits per heavy atom. The van der Waals surface area contributed by atoms with Crippen LogP contribution in [0.3, 0.4) is 0 Å². The zero-order valence-corrected chi connectivity index (χ0v) is 16.5. The van der Waals surface area contributed by atoms with Gasteiger partial charge in [-0.1, -0.05) is 11.6 Å². The average molecular weight is 402 g/mol. The van der Waals surface area contributed by atoms with Crippen LogP contribution in [0.15, 0.2) is 41.3 Å². The van der Waals surface area contributed by atoms with E-state index in [1.165, 1.54) is 11.7 Å². The molecule has 0 bridgehead atoms. The quantitative estimate of drug-likeness (QED) is 0.685. The molecule has 0 aliphatic heterocycles. The monoisotopic (exact) mass is 401 g/mol. The van der Waals surface area contributed by atoms with Crippen molar-refractivity contribution in [3.8, 4) is 5.75 Å². The first-order valence-electron chi connectivity index (χ1n) is 8.59. The Morgan fingerprint density at radius 3 is 2.71 bits per heavy atom. The number of methoxy groups -OCH3 is 2. The topological polar surface area (TPSA) is 82.5 Å². The molecule has 0 radical (unpaired) electrons. The Kier molecular flexibility index (Phi) is 5.96. The molecule has 1 N–H and O–H groups in total. The summed E-state index contributed by atoms with van der Waals surface area (Å²) < 4.78 is 11.7. The van der Waals surface area contributed by atoms with Crippen molar-refractivity contribution in [2.45, 2.75) is 13.5 Å². The van der Waals surface area contributed by atoms with Gasteiger partial charge in [0.2, 0.25) is 0 Å². The van der Waals surface area contributed by atoms with Crippen LogP contribution >= 0.6 is 11.6 Å². The number of hydrogen-bond donors (Lipinski definition) is 1. The zero-order valence-electron chi connectivity index (χ0n) is 15.8. The van der Waals surface area contributed by atoms with E-state index in [0.29, 0.717) is 51.8 Å². The number of nitrogens with zero attached hydrogens (tertiary/aromatic N) is 2. The van der Waals surface area contributed by atoms with Gasteiger partial charge in [0.05, 0.1) is 40.9 Å². The van der Waals surface area contributed by atoms with Crippen LogP contribution in [0.2, 0.25) is 5.02 Å². The van der Waals surface area contributed by atoms with Crippen LogP contribution in [0, 0.1) is 6.92 Å². The van der Waals surface area contributed by atoms with Gasteiger partial charge < -0.3 is 19.4 Å². The van der Waals surface area contributed by atoms with E-state index in [-0.39, 0.29) is 11.5 Å². The van der Waals surface area contributed by atoms with E-state index >= 15 is 0 Å². The van der Waals surface area contributed by atoms with Gasteiger partial charge in [-0.25, -0.2) is 0 Å². The molecule has 2 heterocycles. The van der Waals surface area contributed by atoms with Crippen molar-refractivity contribution in [1.82, 2.24) is 9.55 Å². The molecule has 3 aromatic rings. The number of carbonyl (C=O) groups excluding carboxylic acids is 1. The Bertz CT molecular complexity index is 1090. The molecule has 1 amide bonds. The minimum Gasteiger partial charge on any atom is -0.495 e. The molecular formula is C20H20ClN3O4. The molecule has 8 heteroatoms. The third kappa shape index (κ3) is 4.00. The van der Waals surface area contributed by atoms with Crippen molar-refractivity contribution in [2.24, 2.45) is 0 Å². The summed E-state index contributed by atoms with van der Waals surface area (Å²) >= 11 is 6.11. The first kappa shape index (κ1) is 19.9. The van der Waals surface area contributed by atoms with Crippen LogP contribution in [-0.2, 0) is 11.3 Å². The number of carbonyl (C=O) groups is 1. The Labute approximate surface area is 166 Å². The lowest BCUT2D eigenvalue weighted by Gasteiger charge is -2.11. The summed E-state index contributed by atoms with van der Waals surface area (Å²) in [7, 11) is 3.09. The van der Waals surface area contributed by atoms with Crippen LogP contribution < -0.4 is 15.6 Å². The van der Waals surface area contributed by atoms with Gasteiger partial charge in [0.25, 0.3) is 11.5 Å². The number of aromatic nitrogens is 2. The number of ether oxygens (including phenoxy) is 2. The van der Waals surface area contributed by atoms with E-state index in [1.807, 2.05) is 0 Å². The fourth-order valence-electron chi connectivity index (χ4n) is 2.84. The second-order valence-corrected chi connectivity index (χ2v) is 6.57. The van der Waals surface area contributed by atoms with Gasteiger partial charge in [-0.2, -0.15) is 0 Å². The van der Waals surface area contributed by atoms with Crippen molar-refractivity contribution in [3.63, 3.8) is 0 Å². The summed E-state index contributed by atoms with van der Waals surface area (Å²) in [5, 5.41) is 3.54. The van der Waals surface area contributed by atoms with Gasteiger partial charge >= 0.3 is 0 Å². The highest BCUT2D eigenvalue weighted by atomic mass is 35.5. The number of anilines is 1. The van der Waals surface area contributed by atoms with Crippen molar-refractivity contribution in [1.29, 1.82) is 0 Å². The van der Waals surface area contributed by atoms with Gasteiger partial charge in [0.15, 0.2) is 0 Å². The number of halogens is 1. The lowest BCUT2D eigenvalue weighted by molar-refractivity contribution is 0.102. The fourth-order valence-corrected chi connectivity index (χ4v) is 3.10. The molecule has 2 aromatic heterocycles. The van der Waals surface area contributed by atoms with Gasteiger partial charge in [0.1, 0.15) is 5.75 Å². The van der Waals surface area contributed by atoms with Crippen LogP contribution in [0.5, 0.6) is 5.75 Å². The van der Waals surface area contributed by atoms with E-state index in [1.54, 1.807) is 50.6 Å². The molecule has 1 aromatic carbocycles. The van der Waals surface area contributed by atoms with E-state index in [0.717, 1.165) is 0 Å². The third-order valence-electron chi connectivity index (χ3n) is 4.34. The van der Waals surface area contributed by atoms with E-state index in [9.17, 15) is 9.59 Å². The molecule has 0 fully saturated rings. The molecule has 3 rings (SSSR count). The largest absolute Gasteiger partial charge is 0.495 e. The maximum absolute atomic E-state index is 12.8. The lowest BCUT2D eigenvalue weighted by atomic mass is 10.1. The molecule has 0 aliphatic rings. The SMILES string of the molecule is COCCn1ccc2nc(C)c(C(=O)Nc3ccc(OC)c(Cl)c3)cc2c1=O. The highest BCUT2D eigenvalue weighted by Crippen LogP contribution is 2.27. The first-order chi connectivity index (χ1) is 13.4. The number of benzene rings is 1. The Balaban J connectivity index is 1.96. The molecule has 146 valence electrons. The average Bonchev–Trinajstić information content (AvgIpc) is 2.67. The van der Waals surface area contributed by atoms with Crippen molar-refractivity contribution in [3.05, 3.63) is 63.2 Å². The van der Waals surface area contributed by atoms with Gasteiger partial charge in [0, 0.05) is 25.5 Å². The van der Waals surface area contributed by atoms with Crippen LogP contribution in [0.25, 0.3) is 10.9 Å². The van der Waals surface area contributed by atoms with E-state index < -0.39 is 0 Å². The highest BCUT2D eigenvalue weighted by Gasteiger charge is 2.15. The van der Waals surface area contributed by atoms with Crippen LogP contribution in [-0.4, -0.2) is 36.3 Å². The number of nitrogens with one attached hydrogen (secondary N) is 1. The van der Waals surface area contributed by atoms with Gasteiger partial charge in [-0.05, 0) is 37.3 Å². The van der Waals surface area contributed by atoms with Crippen molar-refractivity contribution < 1.29 is 14.3 Å². The summed E-state index contributed by atoms with van der Waals surface area (Å²) in [5.74, 6) is 0.139. The van der Waals surface area contributed by atoms with Gasteiger partial charge in [-0.3, -0.25) is 14.6 Å². The summed E-state index contributed by atoms with van der Waals surface area (Å²) in [6, 6.07) is 8.27. The summed E-state index contributed by atoms with van der Waals surface area (Å²) in [6.45, 7) is 2.56. The number of amides is 1. The molecule has 0 unspecified atom stereocenters. The zero-order chi connectivity index (χ0) is 20.3. The fraction of sp³-hybridized carbons (Fsp3) is 0.250. The smallest absolute Gasteiger partial charge is 0.260 e. The summed E-state index contributed by atoms with van der Waals surface area (Å²) in [4.78, 5) is 29.9. The first-order valence-corrected chi connectivity index (χ1v) is 8.97. The number of hydrogen-bond acceptors (Lipinski definition) is 5. The predicted molar refractivity (Wildman–Crippen MR) is 109 cm³/mol. The second-order valence-electron chi connectivity index (χ2n) is 6.16. The number of rotatable bonds is 6. The lowest BCUT2D eigenvalue weighted by Crippen LogP contribution is -2.23. The Morgan fingerprint density at radius 1 is 1.25 bits per heavy atom. The molecule has 0 atom stereocenters. The molecule has 0 saturated carbocycles. The minimum absolute atomic E-state index is 0.219. The molecule has 7 nitrogen and oxygen atoms in total. The van der Waals surface area contributed by atoms with Crippen molar-refractivity contribution >= 4 is 34.1 Å². The standard InChI is InChI=1S/C20H20ClN3O4/c1-12-14(19(25)23-13-4-5-18(28-3)16(21)10-13)11-15-17(22-12)6-7-24(20(15)26)8-9-27-2/h4-7,10-11H,8-9H2,1-3H3,(H,23,25). The maximum Gasteiger partial charge on any atom is 0.260 e. The van der Waals surface area contributed by atoms with E-state index in [2.05, 4.69) is 10.3 Å². The molecule has 0 saturated heterocycles. The highest BCUT2D eigenvalue weighted by molar-refractivity contribution is 6.32. The van der Waals surface area contributed by atoms with E-state index in [4.69, 9.17) is 21.1 Å². The summed E-state index contributed by atoms with van der Waals surface area (Å²) in [5.41, 5.74) is 1.68. The van der Waals surface area contributed by atoms with Crippen molar-refractivity contribution in [2.75, 3.05) is 26.1 Å². The second kappa shape index (κ2) is 8.41. The third-order valence-corrected chi connectivity index (χ3v) is 4.63. The molecule has 28 heavy (non-hydrogen) atoms. The summed E-state index contributed by atoms with van der Waals surface area (Å²) in [6.07, 6.45) is 1.68.